The predicted octanol–water partition coefficient (Wildman–Crippen LogP) is 0.613. The maximum Gasteiger partial charge on any atom is 1.00 e. The number of hydrogen-bond donors (Lipinski definition) is 0. The van der Waals surface area contributed by atoms with E-state index in [1.165, 1.54) is 28.0 Å². The summed E-state index contributed by atoms with van der Waals surface area (Å²) in [6.07, 6.45) is 3.40. The Labute approximate surface area is 126 Å². The molecule has 0 aromatic heterocycles. The summed E-state index contributed by atoms with van der Waals surface area (Å²) in [5.74, 6) is 0. The van der Waals surface area contributed by atoms with E-state index in [0.29, 0.717) is 0 Å². The molecule has 2 aromatic carbocycles. The predicted molar refractivity (Wildman–Crippen MR) is 73.5 cm³/mol. The Bertz CT molecular complexity index is 620. The van der Waals surface area contributed by atoms with Gasteiger partial charge in [0.1, 0.15) is 0 Å². The third-order valence-electron chi connectivity index (χ3n) is 3.81. The molecule has 0 fully saturated rings. The molecule has 0 unspecified atom stereocenters. The average molecular weight is 239 g/mol. The Morgan fingerprint density at radius 2 is 1.63 bits per heavy atom. The van der Waals surface area contributed by atoms with E-state index in [0.717, 1.165) is 13.0 Å². The number of allylic oxidation sites excluding steroid dienone is 1. The molecule has 0 radical (unpaired) electrons. The van der Waals surface area contributed by atoms with E-state index in [9.17, 15) is 0 Å². The first-order valence-corrected chi connectivity index (χ1v) is 6.40. The van der Waals surface area contributed by atoms with Gasteiger partial charge in [-0.25, -0.2) is 0 Å². The molecule has 1 heterocycles. The van der Waals surface area contributed by atoms with Crippen molar-refractivity contribution in [2.45, 2.75) is 13.0 Å². The minimum Gasteiger partial charge on any atom is -0.407 e. The van der Waals surface area contributed by atoms with Gasteiger partial charge >= 0.3 is 18.9 Å². The van der Waals surface area contributed by atoms with Crippen LogP contribution < -0.4 is 18.9 Å². The number of fused-ring (bicyclic) bond motifs is 2. The Morgan fingerprint density at radius 3 is 2.47 bits per heavy atom. The molecule has 0 saturated carbocycles. The summed E-state index contributed by atoms with van der Waals surface area (Å²) in [6, 6.07) is 17.3. The van der Waals surface area contributed by atoms with Gasteiger partial charge in [0.2, 0.25) is 0 Å². The fourth-order valence-corrected chi connectivity index (χ4v) is 2.89. The summed E-state index contributed by atoms with van der Waals surface area (Å²) in [5, 5.41) is 0. The van der Waals surface area contributed by atoms with E-state index in [-0.39, 0.29) is 18.9 Å². The monoisotopic (exact) mass is 239 g/mol. The fraction of sp³-hybridized carbons (Fsp3) is 0.118. The van der Waals surface area contributed by atoms with Crippen LogP contribution in [0.15, 0.2) is 54.6 Å². The molecule has 0 N–H and O–H groups in total. The van der Waals surface area contributed by atoms with E-state index in [1.807, 2.05) is 0 Å². The maximum absolute atomic E-state index is 2.37. The Kier molecular flexibility index (Phi) is 3.19. The molecule has 0 amide bonds. The first-order chi connectivity index (χ1) is 8.92. The zero-order chi connectivity index (χ0) is 11.9. The molecule has 0 spiro atoms. The SMILES string of the molecule is C1=C(N2[CH-]c3ccccc3C2)c2ccccc2C1.[Li+]. The number of nitrogens with zero attached hydrogens (tertiary/aromatic N) is 1. The summed E-state index contributed by atoms with van der Waals surface area (Å²) >= 11 is 0. The quantitative estimate of drug-likeness (QED) is 0.521. The average Bonchev–Trinajstić information content (AvgIpc) is 3.02. The minimum atomic E-state index is 0. The molecule has 0 atom stereocenters. The topological polar surface area (TPSA) is 3.24 Å². The van der Waals surface area contributed by atoms with Crippen LogP contribution in [0.5, 0.6) is 0 Å². The van der Waals surface area contributed by atoms with Gasteiger partial charge in [-0.2, -0.15) is 11.6 Å². The second kappa shape index (κ2) is 4.85. The van der Waals surface area contributed by atoms with Crippen molar-refractivity contribution < 1.29 is 18.9 Å². The smallest absolute Gasteiger partial charge is 0.407 e. The third-order valence-corrected chi connectivity index (χ3v) is 3.81. The molecule has 1 aliphatic heterocycles. The summed E-state index contributed by atoms with van der Waals surface area (Å²) in [4.78, 5) is 2.37. The molecule has 2 aliphatic rings. The number of rotatable bonds is 1. The van der Waals surface area contributed by atoms with E-state index in [2.05, 4.69) is 66.1 Å². The molecule has 1 aliphatic carbocycles. The molecule has 0 saturated heterocycles. The van der Waals surface area contributed by atoms with Crippen molar-refractivity contribution >= 4 is 5.70 Å². The van der Waals surface area contributed by atoms with Crippen LogP contribution in [0.2, 0.25) is 0 Å². The Morgan fingerprint density at radius 1 is 0.895 bits per heavy atom. The van der Waals surface area contributed by atoms with Gasteiger partial charge in [0.15, 0.2) is 0 Å². The molecule has 19 heavy (non-hydrogen) atoms. The largest absolute Gasteiger partial charge is 1.00 e. The molecular weight excluding hydrogens is 225 g/mol. The van der Waals surface area contributed by atoms with Gasteiger partial charge in [-0.1, -0.05) is 43.0 Å². The van der Waals surface area contributed by atoms with Crippen LogP contribution in [-0.2, 0) is 13.0 Å². The molecule has 4 rings (SSSR count). The standard InChI is InChI=1S/C17H14N.Li/c1-2-7-15-12-18(11-14(15)6-1)17-10-9-13-5-3-4-8-16(13)17;/h1-8,10-11H,9,12H2;/q-1;+1. The number of hydrogen-bond acceptors (Lipinski definition) is 1. The van der Waals surface area contributed by atoms with E-state index < -0.39 is 0 Å². The zero-order valence-corrected chi connectivity index (χ0v) is 11.1. The summed E-state index contributed by atoms with van der Waals surface area (Å²) in [5.41, 5.74) is 6.96. The molecule has 0 bridgehead atoms. The normalized spacial score (nSPS) is 15.2. The van der Waals surface area contributed by atoms with Gasteiger partial charge in [-0.15, -0.1) is 17.7 Å². The summed E-state index contributed by atoms with van der Waals surface area (Å²) < 4.78 is 0. The second-order valence-corrected chi connectivity index (χ2v) is 4.91. The van der Waals surface area contributed by atoms with Crippen molar-refractivity contribution in [1.82, 2.24) is 4.90 Å². The van der Waals surface area contributed by atoms with E-state index >= 15 is 0 Å². The fourth-order valence-electron chi connectivity index (χ4n) is 2.89. The second-order valence-electron chi connectivity index (χ2n) is 4.91. The van der Waals surface area contributed by atoms with Gasteiger partial charge in [0.25, 0.3) is 0 Å². The van der Waals surface area contributed by atoms with Crippen molar-refractivity contribution in [3.63, 3.8) is 0 Å². The van der Waals surface area contributed by atoms with Gasteiger partial charge in [0.05, 0.1) is 0 Å². The van der Waals surface area contributed by atoms with E-state index in [1.54, 1.807) is 0 Å². The molecular formula is C17H14LiN. The summed E-state index contributed by atoms with van der Waals surface area (Å²) in [6.45, 7) is 3.26. The van der Waals surface area contributed by atoms with Gasteiger partial charge < -0.3 is 4.90 Å². The molecule has 1 nitrogen and oxygen atoms in total. The van der Waals surface area contributed by atoms with E-state index in [4.69, 9.17) is 0 Å². The van der Waals surface area contributed by atoms with Crippen LogP contribution in [-0.4, -0.2) is 4.90 Å². The molecule has 2 aromatic rings. The molecule has 2 heteroatoms. The van der Waals surface area contributed by atoms with Crippen LogP contribution in [0.25, 0.3) is 5.70 Å². The van der Waals surface area contributed by atoms with Crippen LogP contribution in [0, 0.1) is 6.54 Å². The third kappa shape index (κ3) is 2.00. The van der Waals surface area contributed by atoms with Crippen LogP contribution in [0.3, 0.4) is 0 Å². The van der Waals surface area contributed by atoms with Crippen LogP contribution in [0.4, 0.5) is 0 Å². The van der Waals surface area contributed by atoms with Crippen molar-refractivity contribution in [3.8, 4) is 0 Å². The minimum absolute atomic E-state index is 0. The van der Waals surface area contributed by atoms with Crippen molar-refractivity contribution in [3.05, 3.63) is 83.4 Å². The number of benzene rings is 2. The van der Waals surface area contributed by atoms with Crippen LogP contribution in [0.1, 0.15) is 22.3 Å². The Hall–Kier alpha value is -1.55. The first-order valence-electron chi connectivity index (χ1n) is 6.40. The van der Waals surface area contributed by atoms with Crippen molar-refractivity contribution in [2.75, 3.05) is 0 Å². The first kappa shape index (κ1) is 12.5. The van der Waals surface area contributed by atoms with Crippen LogP contribution >= 0.6 is 0 Å². The van der Waals surface area contributed by atoms with Gasteiger partial charge in [-0.05, 0) is 18.5 Å². The Balaban J connectivity index is 0.00000110. The zero-order valence-electron chi connectivity index (χ0n) is 11.1. The van der Waals surface area contributed by atoms with Gasteiger partial charge in [0, 0.05) is 11.3 Å². The van der Waals surface area contributed by atoms with Crippen molar-refractivity contribution in [1.29, 1.82) is 0 Å². The van der Waals surface area contributed by atoms with Crippen molar-refractivity contribution in [2.24, 2.45) is 0 Å². The molecule has 88 valence electrons. The van der Waals surface area contributed by atoms with Gasteiger partial charge in [-0.3, -0.25) is 0 Å². The maximum atomic E-state index is 2.37. The summed E-state index contributed by atoms with van der Waals surface area (Å²) in [7, 11) is 0.